The van der Waals surface area contributed by atoms with Crippen LogP contribution in [0.5, 0.6) is 0 Å². The van der Waals surface area contributed by atoms with Crippen molar-refractivity contribution in [3.05, 3.63) is 5.53 Å². The molecule has 4 heteroatoms. The summed E-state index contributed by atoms with van der Waals surface area (Å²) in [5, 5.41) is 0. The molecule has 0 saturated carbocycles. The quantitative estimate of drug-likeness (QED) is 0.289. The van der Waals surface area contributed by atoms with Crippen molar-refractivity contribution >= 4 is 12.0 Å². The van der Waals surface area contributed by atoms with Gasteiger partial charge in [-0.2, -0.15) is 4.79 Å². The molecule has 0 aromatic rings. The summed E-state index contributed by atoms with van der Waals surface area (Å²) in [6.07, 6.45) is 0.782. The van der Waals surface area contributed by atoms with Gasteiger partial charge in [-0.1, -0.05) is 0 Å². The zero-order valence-corrected chi connectivity index (χ0v) is 4.53. The predicted molar refractivity (Wildman–Crippen MR) is 28.3 cm³/mol. The molecule has 0 amide bonds. The van der Waals surface area contributed by atoms with Crippen molar-refractivity contribution in [2.45, 2.75) is 13.0 Å². The summed E-state index contributed by atoms with van der Waals surface area (Å²) in [7, 11) is 0. The third-order valence-corrected chi connectivity index (χ3v) is 0.634. The predicted octanol–water partition coefficient (Wildman–Crippen LogP) is -0.797. The highest BCUT2D eigenvalue weighted by Gasteiger charge is 2.06. The molecule has 0 radical (unpaired) electrons. The first-order chi connectivity index (χ1) is 3.68. The summed E-state index contributed by atoms with van der Waals surface area (Å²) in [5.41, 5.74) is 12.8. The van der Waals surface area contributed by atoms with Crippen LogP contribution in [-0.2, 0) is 4.79 Å². The van der Waals surface area contributed by atoms with Gasteiger partial charge in [-0.3, -0.25) is 4.79 Å². The largest absolute Gasteiger partial charge is 0.361 e. The summed E-state index contributed by atoms with van der Waals surface area (Å²) < 4.78 is 0. The summed E-state index contributed by atoms with van der Waals surface area (Å²) in [6.45, 7) is 1.52. The van der Waals surface area contributed by atoms with Gasteiger partial charge in [0.1, 0.15) is 0 Å². The van der Waals surface area contributed by atoms with Crippen LogP contribution in [0, 0.1) is 0 Å². The molecule has 4 nitrogen and oxygen atoms in total. The number of nitrogens with two attached hydrogens (primary N) is 1. The topological polar surface area (TPSA) is 79.5 Å². The minimum absolute atomic E-state index is 0.382. The molecule has 0 aromatic carbocycles. The smallest absolute Gasteiger partial charge is 0.324 e. The van der Waals surface area contributed by atoms with Gasteiger partial charge in [0.25, 0.3) is 5.78 Å². The summed E-state index contributed by atoms with van der Waals surface area (Å²) in [4.78, 5) is 12.8. The maximum absolute atomic E-state index is 10.3. The lowest BCUT2D eigenvalue weighted by atomic mass is 10.2. The van der Waals surface area contributed by atoms with Crippen molar-refractivity contribution in [3.8, 4) is 0 Å². The van der Waals surface area contributed by atoms with Crippen LogP contribution in [0.3, 0.4) is 0 Å². The van der Waals surface area contributed by atoms with Crippen LogP contribution < -0.4 is 5.73 Å². The standard InChI is InChI=1S/C4H7N3O/c1-3(5)4(8)2-7-6/h2-3H,5H2,1H3/t3-/m0/s1. The van der Waals surface area contributed by atoms with Gasteiger partial charge in [0.2, 0.25) is 0 Å². The molecule has 0 unspecified atom stereocenters. The van der Waals surface area contributed by atoms with Crippen LogP contribution in [0.2, 0.25) is 0 Å². The van der Waals surface area contributed by atoms with Crippen molar-refractivity contribution in [1.29, 1.82) is 0 Å². The lowest BCUT2D eigenvalue weighted by molar-refractivity contribution is -0.116. The normalized spacial score (nSPS) is 11.8. The number of rotatable bonds is 2. The Bertz CT molecular complexity index is 134. The Morgan fingerprint density at radius 3 is 2.62 bits per heavy atom. The Labute approximate surface area is 46.9 Å². The van der Waals surface area contributed by atoms with E-state index >= 15 is 0 Å². The van der Waals surface area contributed by atoms with E-state index in [0.717, 1.165) is 6.21 Å². The second-order valence-electron chi connectivity index (χ2n) is 1.44. The van der Waals surface area contributed by atoms with E-state index in [1.807, 2.05) is 0 Å². The van der Waals surface area contributed by atoms with Crippen LogP contribution in [0.15, 0.2) is 0 Å². The second kappa shape index (κ2) is 3.07. The fraction of sp³-hybridized carbons (Fsp3) is 0.500. The van der Waals surface area contributed by atoms with Gasteiger partial charge >= 0.3 is 6.21 Å². The minimum atomic E-state index is -0.578. The highest BCUT2D eigenvalue weighted by molar-refractivity contribution is 6.27. The molecule has 2 N–H and O–H groups in total. The molecular weight excluding hydrogens is 106 g/mol. The molecule has 0 aromatic heterocycles. The van der Waals surface area contributed by atoms with Crippen LogP contribution in [0.4, 0.5) is 0 Å². The molecule has 0 saturated heterocycles. The van der Waals surface area contributed by atoms with Crippen LogP contribution in [-0.4, -0.2) is 22.8 Å². The number of hydrogen-bond donors (Lipinski definition) is 1. The van der Waals surface area contributed by atoms with Crippen molar-refractivity contribution in [2.75, 3.05) is 0 Å². The van der Waals surface area contributed by atoms with Crippen LogP contribution >= 0.6 is 0 Å². The van der Waals surface area contributed by atoms with Crippen molar-refractivity contribution in [1.82, 2.24) is 0 Å². The average molecular weight is 113 g/mol. The van der Waals surface area contributed by atoms with Crippen molar-refractivity contribution < 1.29 is 9.58 Å². The van der Waals surface area contributed by atoms with Gasteiger partial charge in [-0.15, -0.1) is 0 Å². The molecular formula is C4H7N3O. The molecule has 0 rings (SSSR count). The van der Waals surface area contributed by atoms with Crippen LogP contribution in [0.25, 0.3) is 5.53 Å². The number of hydrogen-bond acceptors (Lipinski definition) is 2. The van der Waals surface area contributed by atoms with E-state index in [9.17, 15) is 4.79 Å². The summed E-state index contributed by atoms with van der Waals surface area (Å²) >= 11 is 0. The molecule has 0 spiro atoms. The molecule has 0 aliphatic rings. The molecule has 0 aliphatic heterocycles. The van der Waals surface area contributed by atoms with E-state index in [1.54, 1.807) is 0 Å². The van der Waals surface area contributed by atoms with Gasteiger partial charge in [0, 0.05) is 0 Å². The van der Waals surface area contributed by atoms with Gasteiger partial charge in [-0.05, 0) is 6.92 Å². The Hall–Kier alpha value is -0.990. The number of ketones is 1. The fourth-order valence-electron chi connectivity index (χ4n) is 0.174. The molecule has 44 valence electrons. The first-order valence-corrected chi connectivity index (χ1v) is 2.15. The number of nitrogens with zero attached hydrogens (tertiary/aromatic N) is 2. The third kappa shape index (κ3) is 2.23. The zero-order chi connectivity index (χ0) is 6.57. The Morgan fingerprint density at radius 2 is 2.50 bits per heavy atom. The van der Waals surface area contributed by atoms with Gasteiger partial charge in [0.05, 0.1) is 6.04 Å². The van der Waals surface area contributed by atoms with Gasteiger partial charge < -0.3 is 11.3 Å². The highest BCUT2D eigenvalue weighted by atomic mass is 16.1. The molecule has 0 heterocycles. The van der Waals surface area contributed by atoms with Gasteiger partial charge in [-0.25, -0.2) is 0 Å². The minimum Gasteiger partial charge on any atom is -0.361 e. The van der Waals surface area contributed by atoms with Gasteiger partial charge in [0.15, 0.2) is 0 Å². The lowest BCUT2D eigenvalue weighted by Crippen LogP contribution is -2.27. The highest BCUT2D eigenvalue weighted by Crippen LogP contribution is 1.70. The van der Waals surface area contributed by atoms with E-state index in [4.69, 9.17) is 11.3 Å². The maximum atomic E-state index is 10.3. The second-order valence-corrected chi connectivity index (χ2v) is 1.44. The SMILES string of the molecule is C[C@H](N)C(=O)C=[N+]=[N-]. The average Bonchev–Trinajstić information content (AvgIpc) is 1.67. The van der Waals surface area contributed by atoms with Crippen molar-refractivity contribution in [2.24, 2.45) is 5.73 Å². The first kappa shape index (κ1) is 7.01. The Kier molecular flexibility index (Phi) is 2.69. The van der Waals surface area contributed by atoms with E-state index < -0.39 is 6.04 Å². The molecule has 0 bridgehead atoms. The zero-order valence-electron chi connectivity index (χ0n) is 4.53. The van der Waals surface area contributed by atoms with E-state index in [2.05, 4.69) is 4.79 Å². The molecule has 0 aliphatic carbocycles. The lowest BCUT2D eigenvalue weighted by Gasteiger charge is -1.89. The Balaban J connectivity index is 3.84. The first-order valence-electron chi connectivity index (χ1n) is 2.15. The summed E-state index contributed by atoms with van der Waals surface area (Å²) in [5.74, 6) is -0.382. The summed E-state index contributed by atoms with van der Waals surface area (Å²) in [6, 6.07) is -0.578. The molecule has 8 heavy (non-hydrogen) atoms. The van der Waals surface area contributed by atoms with E-state index in [0.29, 0.717) is 0 Å². The van der Waals surface area contributed by atoms with Crippen LogP contribution in [0.1, 0.15) is 6.92 Å². The van der Waals surface area contributed by atoms with E-state index in [-0.39, 0.29) is 5.78 Å². The molecule has 1 atom stereocenters. The number of carbonyl (C=O) groups excluding carboxylic acids is 1. The molecule has 0 fully saturated rings. The monoisotopic (exact) mass is 113 g/mol. The third-order valence-electron chi connectivity index (χ3n) is 0.634. The van der Waals surface area contributed by atoms with Crippen molar-refractivity contribution in [3.63, 3.8) is 0 Å². The number of Topliss-reactive ketones (excluding diaryl/α,β-unsaturated/α-hetero) is 1. The number of carbonyl (C=O) groups is 1. The fourth-order valence-corrected chi connectivity index (χ4v) is 0.174. The van der Waals surface area contributed by atoms with E-state index in [1.165, 1.54) is 6.92 Å². The Morgan fingerprint density at radius 1 is 2.00 bits per heavy atom. The maximum Gasteiger partial charge on any atom is 0.324 e.